The molecule has 1 aliphatic rings. The van der Waals surface area contributed by atoms with Gasteiger partial charge in [-0.15, -0.1) is 0 Å². The van der Waals surface area contributed by atoms with Crippen molar-refractivity contribution >= 4 is 22.8 Å². The number of anilines is 2. The maximum atomic E-state index is 5.67. The van der Waals surface area contributed by atoms with Crippen LogP contribution < -0.4 is 10.2 Å². The summed E-state index contributed by atoms with van der Waals surface area (Å²) in [7, 11) is 3.83. The number of ether oxygens (including phenoxy) is 1. The Hall–Kier alpha value is -1.89. The van der Waals surface area contributed by atoms with E-state index < -0.39 is 0 Å². The molecule has 2 aromatic heterocycles. The highest BCUT2D eigenvalue weighted by molar-refractivity contribution is 5.87. The van der Waals surface area contributed by atoms with E-state index in [0.29, 0.717) is 12.1 Å². The van der Waals surface area contributed by atoms with Crippen LogP contribution in [0.15, 0.2) is 6.20 Å². The molecule has 0 amide bonds. The normalized spacial score (nSPS) is 18.9. The molecule has 2 N–H and O–H groups in total. The molecule has 102 valence electrons. The molecule has 7 heteroatoms. The first-order valence-electron chi connectivity index (χ1n) is 6.49. The molecule has 19 heavy (non-hydrogen) atoms. The largest absolute Gasteiger partial charge is 0.376 e. The molecule has 0 aromatic carbocycles. The summed E-state index contributed by atoms with van der Waals surface area (Å²) in [6.07, 6.45) is 4.31. The molecule has 1 atom stereocenters. The average molecular weight is 262 g/mol. The Morgan fingerprint density at radius 2 is 2.42 bits per heavy atom. The topological polar surface area (TPSA) is 79.0 Å². The van der Waals surface area contributed by atoms with Crippen LogP contribution in [0.1, 0.15) is 12.8 Å². The Labute approximate surface area is 111 Å². The fourth-order valence-corrected chi connectivity index (χ4v) is 2.40. The van der Waals surface area contributed by atoms with Gasteiger partial charge in [0.15, 0.2) is 5.65 Å². The van der Waals surface area contributed by atoms with Crippen molar-refractivity contribution in [3.63, 3.8) is 0 Å². The summed E-state index contributed by atoms with van der Waals surface area (Å²) in [5.74, 6) is 1.46. The molecule has 1 fully saturated rings. The lowest BCUT2D eigenvalue weighted by Crippen LogP contribution is -2.29. The zero-order valence-electron chi connectivity index (χ0n) is 11.2. The molecule has 0 saturated carbocycles. The number of H-pyrrole nitrogens is 1. The molecule has 3 heterocycles. The van der Waals surface area contributed by atoms with E-state index in [1.165, 1.54) is 0 Å². The summed E-state index contributed by atoms with van der Waals surface area (Å²) in [5, 5.41) is 10.8. The minimum atomic E-state index is 0.292. The van der Waals surface area contributed by atoms with Crippen molar-refractivity contribution in [2.45, 2.75) is 18.9 Å². The Bertz CT molecular complexity index is 562. The van der Waals surface area contributed by atoms with E-state index in [2.05, 4.69) is 30.4 Å². The van der Waals surface area contributed by atoms with Gasteiger partial charge in [0.05, 0.1) is 17.7 Å². The third-order valence-corrected chi connectivity index (χ3v) is 3.38. The van der Waals surface area contributed by atoms with E-state index in [-0.39, 0.29) is 0 Å². The smallest absolute Gasteiger partial charge is 0.226 e. The van der Waals surface area contributed by atoms with E-state index in [0.717, 1.165) is 42.8 Å². The van der Waals surface area contributed by atoms with E-state index >= 15 is 0 Å². The molecule has 0 spiro atoms. The number of aromatic amines is 1. The maximum Gasteiger partial charge on any atom is 0.226 e. The van der Waals surface area contributed by atoms with Crippen molar-refractivity contribution < 1.29 is 4.74 Å². The number of nitrogens with one attached hydrogen (secondary N) is 2. The quantitative estimate of drug-likeness (QED) is 0.856. The van der Waals surface area contributed by atoms with Crippen molar-refractivity contribution in [3.8, 4) is 0 Å². The second kappa shape index (κ2) is 5.00. The Morgan fingerprint density at radius 1 is 1.53 bits per heavy atom. The van der Waals surface area contributed by atoms with Gasteiger partial charge in [-0.25, -0.2) is 0 Å². The number of likely N-dealkylation sites (N-methyl/N-ethyl adjacent to an activating group) is 1. The first kappa shape index (κ1) is 12.2. The molecule has 0 aliphatic carbocycles. The number of aromatic nitrogens is 4. The lowest BCUT2D eigenvalue weighted by atomic mass is 10.2. The van der Waals surface area contributed by atoms with Gasteiger partial charge >= 0.3 is 0 Å². The summed E-state index contributed by atoms with van der Waals surface area (Å²) in [6.45, 7) is 1.70. The van der Waals surface area contributed by atoms with Gasteiger partial charge in [0.1, 0.15) is 5.82 Å². The average Bonchev–Trinajstić information content (AvgIpc) is 3.07. The minimum absolute atomic E-state index is 0.292. The van der Waals surface area contributed by atoms with Crippen molar-refractivity contribution in [2.75, 3.05) is 37.5 Å². The summed E-state index contributed by atoms with van der Waals surface area (Å²) in [5.41, 5.74) is 0.744. The van der Waals surface area contributed by atoms with E-state index in [1.54, 1.807) is 13.2 Å². The molecule has 1 unspecified atom stereocenters. The lowest BCUT2D eigenvalue weighted by Gasteiger charge is -2.22. The molecular weight excluding hydrogens is 244 g/mol. The Morgan fingerprint density at radius 3 is 3.16 bits per heavy atom. The highest BCUT2D eigenvalue weighted by Crippen LogP contribution is 2.24. The second-order valence-electron chi connectivity index (χ2n) is 4.77. The van der Waals surface area contributed by atoms with Crippen LogP contribution in [0.4, 0.5) is 11.8 Å². The van der Waals surface area contributed by atoms with Gasteiger partial charge in [0.2, 0.25) is 5.95 Å². The summed E-state index contributed by atoms with van der Waals surface area (Å²) < 4.78 is 5.67. The predicted molar refractivity (Wildman–Crippen MR) is 73.5 cm³/mol. The van der Waals surface area contributed by atoms with Crippen molar-refractivity contribution in [2.24, 2.45) is 0 Å². The van der Waals surface area contributed by atoms with Crippen molar-refractivity contribution in [1.29, 1.82) is 0 Å². The van der Waals surface area contributed by atoms with Crippen LogP contribution in [0.5, 0.6) is 0 Å². The van der Waals surface area contributed by atoms with Gasteiger partial charge in [0, 0.05) is 27.2 Å². The fourth-order valence-electron chi connectivity index (χ4n) is 2.40. The molecular formula is C12H18N6O. The van der Waals surface area contributed by atoms with Gasteiger partial charge in [-0.05, 0) is 12.8 Å². The third kappa shape index (κ3) is 2.33. The number of nitrogens with zero attached hydrogens (tertiary/aromatic N) is 4. The third-order valence-electron chi connectivity index (χ3n) is 3.38. The van der Waals surface area contributed by atoms with Crippen LogP contribution in [0.2, 0.25) is 0 Å². The summed E-state index contributed by atoms with van der Waals surface area (Å²) in [6, 6.07) is 0. The van der Waals surface area contributed by atoms with Gasteiger partial charge < -0.3 is 15.0 Å². The maximum absolute atomic E-state index is 5.67. The predicted octanol–water partition coefficient (Wildman–Crippen LogP) is 1.01. The van der Waals surface area contributed by atoms with Gasteiger partial charge in [-0.3, -0.25) is 5.10 Å². The zero-order valence-corrected chi connectivity index (χ0v) is 11.2. The van der Waals surface area contributed by atoms with E-state index in [4.69, 9.17) is 4.74 Å². The first-order chi connectivity index (χ1) is 9.28. The molecule has 7 nitrogen and oxygen atoms in total. The van der Waals surface area contributed by atoms with Crippen LogP contribution in [-0.4, -0.2) is 53.5 Å². The molecule has 0 radical (unpaired) electrons. The van der Waals surface area contributed by atoms with Crippen molar-refractivity contribution in [1.82, 2.24) is 20.2 Å². The molecule has 2 aromatic rings. The van der Waals surface area contributed by atoms with E-state index in [9.17, 15) is 0 Å². The molecule has 3 rings (SSSR count). The molecule has 0 bridgehead atoms. The second-order valence-corrected chi connectivity index (χ2v) is 4.77. The number of rotatable bonds is 4. The van der Waals surface area contributed by atoms with Crippen LogP contribution >= 0.6 is 0 Å². The van der Waals surface area contributed by atoms with E-state index in [1.807, 2.05) is 7.05 Å². The van der Waals surface area contributed by atoms with Crippen LogP contribution in [0, 0.1) is 0 Å². The van der Waals surface area contributed by atoms with Crippen molar-refractivity contribution in [3.05, 3.63) is 6.20 Å². The van der Waals surface area contributed by atoms with Crippen LogP contribution in [0.3, 0.4) is 0 Å². The highest BCUT2D eigenvalue weighted by Gasteiger charge is 2.20. The number of fused-ring (bicyclic) bond motifs is 1. The van der Waals surface area contributed by atoms with Gasteiger partial charge in [-0.2, -0.15) is 15.1 Å². The molecule has 1 saturated heterocycles. The van der Waals surface area contributed by atoms with Crippen LogP contribution in [0.25, 0.3) is 11.0 Å². The Kier molecular flexibility index (Phi) is 3.20. The zero-order chi connectivity index (χ0) is 13.2. The number of hydrogen-bond donors (Lipinski definition) is 2. The standard InChI is InChI=1S/C12H18N6O/c1-13-12-15-10-9(6-14-17-10)11(16-12)18(2)7-8-4-3-5-19-8/h6,8H,3-5,7H2,1-2H3,(H2,13,14,15,16,17). The fraction of sp³-hybridized carbons (Fsp3) is 0.583. The monoisotopic (exact) mass is 262 g/mol. The van der Waals surface area contributed by atoms with Gasteiger partial charge in [-0.1, -0.05) is 0 Å². The summed E-state index contributed by atoms with van der Waals surface area (Å²) in [4.78, 5) is 11.0. The molecule has 1 aliphatic heterocycles. The Balaban J connectivity index is 1.90. The number of hydrogen-bond acceptors (Lipinski definition) is 6. The van der Waals surface area contributed by atoms with Crippen LogP contribution in [-0.2, 0) is 4.74 Å². The first-order valence-corrected chi connectivity index (χ1v) is 6.49. The highest BCUT2D eigenvalue weighted by atomic mass is 16.5. The summed E-state index contributed by atoms with van der Waals surface area (Å²) >= 11 is 0. The lowest BCUT2D eigenvalue weighted by molar-refractivity contribution is 0.116. The SMILES string of the molecule is CNc1nc(N(C)CC2CCCO2)c2cn[nH]c2n1. The van der Waals surface area contributed by atoms with Gasteiger partial charge in [0.25, 0.3) is 0 Å². The minimum Gasteiger partial charge on any atom is -0.376 e.